The average molecular weight is 423 g/mol. The molecule has 4 rings (SSSR count). The van der Waals surface area contributed by atoms with Gasteiger partial charge in [-0.1, -0.05) is 59.6 Å². The molecule has 0 saturated carbocycles. The Bertz CT molecular complexity index is 1080. The molecule has 0 bridgehead atoms. The molecule has 0 aliphatic heterocycles. The number of aryl methyl sites for hydroxylation is 3. The Hall–Kier alpha value is -2.55. The van der Waals surface area contributed by atoms with Crippen molar-refractivity contribution in [3.63, 3.8) is 0 Å². The van der Waals surface area contributed by atoms with Crippen molar-refractivity contribution in [2.24, 2.45) is 0 Å². The van der Waals surface area contributed by atoms with Crippen LogP contribution >= 0.6 is 23.2 Å². The topological polar surface area (TPSA) is 37.3 Å². The maximum atomic E-state index is 11.0. The third-order valence-electron chi connectivity index (χ3n) is 5.33. The summed E-state index contributed by atoms with van der Waals surface area (Å²) in [4.78, 5) is 11.0. The van der Waals surface area contributed by atoms with E-state index in [0.29, 0.717) is 15.6 Å². The monoisotopic (exact) mass is 422 g/mol. The number of allylic oxidation sites excluding steroid dienone is 1. The zero-order valence-electron chi connectivity index (χ0n) is 15.8. The lowest BCUT2D eigenvalue weighted by Gasteiger charge is -2.11. The second kappa shape index (κ2) is 8.44. The maximum absolute atomic E-state index is 11.0. The third kappa shape index (κ3) is 4.55. The van der Waals surface area contributed by atoms with Gasteiger partial charge < -0.3 is 5.11 Å². The molecule has 0 spiro atoms. The van der Waals surface area contributed by atoms with Crippen molar-refractivity contribution in [2.45, 2.75) is 25.7 Å². The molecule has 1 aliphatic rings. The normalized spacial score (nSPS) is 14.2. The van der Waals surface area contributed by atoms with Crippen molar-refractivity contribution >= 4 is 40.8 Å². The largest absolute Gasteiger partial charge is 0.478 e. The van der Waals surface area contributed by atoms with Crippen LogP contribution in [-0.2, 0) is 19.3 Å². The van der Waals surface area contributed by atoms with Crippen LogP contribution in [-0.4, -0.2) is 11.1 Å². The minimum Gasteiger partial charge on any atom is -0.478 e. The van der Waals surface area contributed by atoms with Gasteiger partial charge in [-0.25, -0.2) is 4.79 Å². The Morgan fingerprint density at radius 3 is 2.34 bits per heavy atom. The fraction of sp³-hybridized carbons (Fsp3) is 0.160. The number of rotatable bonds is 5. The predicted octanol–water partition coefficient (Wildman–Crippen LogP) is 6.96. The highest BCUT2D eigenvalue weighted by Gasteiger charge is 2.19. The van der Waals surface area contributed by atoms with Gasteiger partial charge in [-0.15, -0.1) is 0 Å². The van der Waals surface area contributed by atoms with Crippen LogP contribution < -0.4 is 0 Å². The molecule has 1 aliphatic carbocycles. The molecule has 3 aromatic rings. The van der Waals surface area contributed by atoms with E-state index in [2.05, 4.69) is 24.3 Å². The summed E-state index contributed by atoms with van der Waals surface area (Å²) in [5.41, 5.74) is 7.83. The van der Waals surface area contributed by atoms with E-state index in [-0.39, 0.29) is 0 Å². The number of halogens is 2. The Morgan fingerprint density at radius 2 is 1.66 bits per heavy atom. The van der Waals surface area contributed by atoms with Crippen LogP contribution in [0.2, 0.25) is 10.0 Å². The van der Waals surface area contributed by atoms with E-state index in [1.54, 1.807) is 18.2 Å². The van der Waals surface area contributed by atoms with Crippen molar-refractivity contribution in [1.82, 2.24) is 0 Å². The lowest BCUT2D eigenvalue weighted by atomic mass is 9.94. The zero-order valence-corrected chi connectivity index (χ0v) is 17.3. The summed E-state index contributed by atoms with van der Waals surface area (Å²) in [7, 11) is 0. The van der Waals surface area contributed by atoms with Gasteiger partial charge in [-0.3, -0.25) is 0 Å². The van der Waals surface area contributed by atoms with E-state index in [1.165, 1.54) is 22.3 Å². The third-order valence-corrected chi connectivity index (χ3v) is 5.77. The summed E-state index contributed by atoms with van der Waals surface area (Å²) in [6, 6.07) is 19.3. The summed E-state index contributed by atoms with van der Waals surface area (Å²) in [6.45, 7) is 0. The fourth-order valence-corrected chi connectivity index (χ4v) is 4.52. The number of hydrogen-bond donors (Lipinski definition) is 1. The van der Waals surface area contributed by atoms with Gasteiger partial charge in [-0.2, -0.15) is 0 Å². The first-order chi connectivity index (χ1) is 14.0. The summed E-state index contributed by atoms with van der Waals surface area (Å²) in [5, 5.41) is 10.3. The van der Waals surface area contributed by atoms with Crippen molar-refractivity contribution in [1.29, 1.82) is 0 Å². The van der Waals surface area contributed by atoms with Gasteiger partial charge in [0, 0.05) is 10.0 Å². The van der Waals surface area contributed by atoms with Crippen LogP contribution in [0.4, 0.5) is 0 Å². The molecular weight excluding hydrogens is 403 g/mol. The molecule has 29 heavy (non-hydrogen) atoms. The van der Waals surface area contributed by atoms with Gasteiger partial charge in [0.15, 0.2) is 0 Å². The first kappa shape index (κ1) is 19.8. The Kier molecular flexibility index (Phi) is 5.75. The minimum atomic E-state index is -0.895. The van der Waals surface area contributed by atoms with Crippen LogP contribution in [0.5, 0.6) is 0 Å². The molecule has 0 saturated heterocycles. The molecule has 2 nitrogen and oxygen atoms in total. The molecule has 0 aromatic heterocycles. The first-order valence-corrected chi connectivity index (χ1v) is 10.4. The number of carboxylic acid groups (broad SMARTS) is 1. The Labute approximate surface area is 180 Å². The highest BCUT2D eigenvalue weighted by atomic mass is 35.5. The molecular formula is C25H20Cl2O2. The number of aromatic carboxylic acids is 1. The van der Waals surface area contributed by atoms with Crippen molar-refractivity contribution in [3.05, 3.63) is 104 Å². The van der Waals surface area contributed by atoms with E-state index >= 15 is 0 Å². The molecule has 1 N–H and O–H groups in total. The first-order valence-electron chi connectivity index (χ1n) is 9.59. The molecule has 0 radical (unpaired) electrons. The van der Waals surface area contributed by atoms with Gasteiger partial charge in [0.05, 0.1) is 5.56 Å². The number of hydrogen-bond acceptors (Lipinski definition) is 1. The second-order valence-electron chi connectivity index (χ2n) is 7.33. The molecule has 0 amide bonds. The number of carbonyl (C=O) groups is 1. The van der Waals surface area contributed by atoms with Crippen LogP contribution in [0.3, 0.4) is 0 Å². The minimum absolute atomic E-state index is 0.319. The smallest absolute Gasteiger partial charge is 0.335 e. The molecule has 0 unspecified atom stereocenters. The average Bonchev–Trinajstić information content (AvgIpc) is 3.09. The zero-order chi connectivity index (χ0) is 20.4. The van der Waals surface area contributed by atoms with Crippen LogP contribution in [0.15, 0.2) is 60.7 Å². The van der Waals surface area contributed by atoms with E-state index in [1.807, 2.05) is 24.3 Å². The Morgan fingerprint density at radius 1 is 0.931 bits per heavy atom. The van der Waals surface area contributed by atoms with Gasteiger partial charge in [-0.05, 0) is 89.4 Å². The van der Waals surface area contributed by atoms with Crippen molar-refractivity contribution in [2.75, 3.05) is 0 Å². The number of fused-ring (bicyclic) bond motifs is 1. The molecule has 0 fully saturated rings. The maximum Gasteiger partial charge on any atom is 0.335 e. The summed E-state index contributed by atoms with van der Waals surface area (Å²) < 4.78 is 0. The summed E-state index contributed by atoms with van der Waals surface area (Å²) in [5.74, 6) is -0.895. The lowest BCUT2D eigenvalue weighted by Crippen LogP contribution is -1.99. The van der Waals surface area contributed by atoms with Gasteiger partial charge in [0.25, 0.3) is 0 Å². The molecule has 0 atom stereocenters. The standard InChI is InChI=1S/C25H20Cl2O2/c26-22-13-17(14-23(27)15-22)12-21-11-10-19-3-1-2-18(24(19)21)7-4-16-5-8-20(9-6-16)25(28)29/h1-3,5-6,8-9,12-15H,4,7,10-11H2,(H,28,29)/b21-12+. The lowest BCUT2D eigenvalue weighted by molar-refractivity contribution is 0.0697. The van der Waals surface area contributed by atoms with E-state index < -0.39 is 5.97 Å². The van der Waals surface area contributed by atoms with Gasteiger partial charge >= 0.3 is 5.97 Å². The number of benzene rings is 3. The molecule has 0 heterocycles. The SMILES string of the molecule is O=C(O)c1ccc(CCc2cccc3c2/C(=C/c2cc(Cl)cc(Cl)c2)CC3)cc1. The second-order valence-corrected chi connectivity index (χ2v) is 8.20. The van der Waals surface area contributed by atoms with E-state index in [9.17, 15) is 4.79 Å². The predicted molar refractivity (Wildman–Crippen MR) is 120 cm³/mol. The van der Waals surface area contributed by atoms with Crippen LogP contribution in [0, 0.1) is 0 Å². The van der Waals surface area contributed by atoms with Gasteiger partial charge in [0.2, 0.25) is 0 Å². The molecule has 3 aromatic carbocycles. The number of carboxylic acids is 1. The quantitative estimate of drug-likeness (QED) is 0.482. The summed E-state index contributed by atoms with van der Waals surface area (Å²) in [6.07, 6.45) is 6.00. The van der Waals surface area contributed by atoms with Crippen molar-refractivity contribution < 1.29 is 9.90 Å². The molecule has 4 heteroatoms. The Balaban J connectivity index is 1.60. The highest BCUT2D eigenvalue weighted by Crippen LogP contribution is 2.37. The van der Waals surface area contributed by atoms with E-state index in [0.717, 1.165) is 36.8 Å². The van der Waals surface area contributed by atoms with E-state index in [4.69, 9.17) is 28.3 Å². The van der Waals surface area contributed by atoms with Gasteiger partial charge in [0.1, 0.15) is 0 Å². The van der Waals surface area contributed by atoms with Crippen LogP contribution in [0.25, 0.3) is 11.6 Å². The summed E-state index contributed by atoms with van der Waals surface area (Å²) >= 11 is 12.3. The molecule has 146 valence electrons. The highest BCUT2D eigenvalue weighted by molar-refractivity contribution is 6.34. The van der Waals surface area contributed by atoms with Crippen molar-refractivity contribution in [3.8, 4) is 0 Å². The fourth-order valence-electron chi connectivity index (χ4n) is 3.97. The van der Waals surface area contributed by atoms with Crippen LogP contribution in [0.1, 0.15) is 44.6 Å².